The van der Waals surface area contributed by atoms with E-state index in [9.17, 15) is 9.59 Å². The van der Waals surface area contributed by atoms with Gasteiger partial charge in [0.05, 0.1) is 0 Å². The minimum atomic E-state index is -1.13. The van der Waals surface area contributed by atoms with Crippen LogP contribution in [0.2, 0.25) is 0 Å². The van der Waals surface area contributed by atoms with Gasteiger partial charge in [-0.25, -0.2) is 4.79 Å². The van der Waals surface area contributed by atoms with Crippen molar-refractivity contribution in [3.63, 3.8) is 0 Å². The second kappa shape index (κ2) is 5.87. The quantitative estimate of drug-likeness (QED) is 0.759. The molecule has 4 nitrogen and oxygen atoms in total. The summed E-state index contributed by atoms with van der Waals surface area (Å²) in [5.41, 5.74) is -1.13. The third kappa shape index (κ3) is 3.51. The van der Waals surface area contributed by atoms with Crippen molar-refractivity contribution in [1.29, 1.82) is 0 Å². The second-order valence-electron chi connectivity index (χ2n) is 4.72. The summed E-state index contributed by atoms with van der Waals surface area (Å²) in [7, 11) is 0. The third-order valence-corrected chi connectivity index (χ3v) is 3.04. The van der Waals surface area contributed by atoms with Crippen LogP contribution in [0.4, 0.5) is 0 Å². The Hall–Kier alpha value is -1.06. The number of carbonyl (C=O) groups excluding carboxylic acids is 1. The van der Waals surface area contributed by atoms with Gasteiger partial charge in [-0.2, -0.15) is 0 Å². The summed E-state index contributed by atoms with van der Waals surface area (Å²) in [4.78, 5) is 24.5. The lowest BCUT2D eigenvalue weighted by Crippen LogP contribution is -2.53. The fourth-order valence-corrected chi connectivity index (χ4v) is 1.55. The SMILES string of the molecule is CCC(C)CC(=O)N(CC)C(C)(C)C(=O)O. The highest BCUT2D eigenvalue weighted by Crippen LogP contribution is 2.18. The van der Waals surface area contributed by atoms with Crippen molar-refractivity contribution in [2.45, 2.75) is 53.0 Å². The molecule has 1 N–H and O–H groups in total. The van der Waals surface area contributed by atoms with E-state index in [4.69, 9.17) is 5.11 Å². The van der Waals surface area contributed by atoms with E-state index in [-0.39, 0.29) is 5.91 Å². The van der Waals surface area contributed by atoms with Gasteiger partial charge in [0.25, 0.3) is 0 Å². The minimum absolute atomic E-state index is 0.0794. The zero-order valence-electron chi connectivity index (χ0n) is 10.9. The number of carboxylic acid groups (broad SMARTS) is 1. The topological polar surface area (TPSA) is 57.6 Å². The molecule has 1 atom stereocenters. The molecule has 0 aromatic heterocycles. The molecule has 0 fully saturated rings. The molecule has 0 aromatic rings. The van der Waals surface area contributed by atoms with Gasteiger partial charge in [-0.05, 0) is 26.7 Å². The van der Waals surface area contributed by atoms with Gasteiger partial charge in [0, 0.05) is 13.0 Å². The molecule has 0 heterocycles. The Labute approximate surface area is 97.6 Å². The molecule has 0 aliphatic heterocycles. The molecule has 0 aliphatic carbocycles. The third-order valence-electron chi connectivity index (χ3n) is 3.04. The van der Waals surface area contributed by atoms with E-state index in [0.29, 0.717) is 18.9 Å². The summed E-state index contributed by atoms with van der Waals surface area (Å²) < 4.78 is 0. The van der Waals surface area contributed by atoms with Crippen LogP contribution >= 0.6 is 0 Å². The smallest absolute Gasteiger partial charge is 0.329 e. The first kappa shape index (κ1) is 14.9. The maximum Gasteiger partial charge on any atom is 0.329 e. The lowest BCUT2D eigenvalue weighted by atomic mass is 9.99. The molecule has 94 valence electrons. The molecule has 4 heteroatoms. The number of carbonyl (C=O) groups is 2. The van der Waals surface area contributed by atoms with Crippen LogP contribution in [0.15, 0.2) is 0 Å². The Morgan fingerprint density at radius 2 is 1.81 bits per heavy atom. The van der Waals surface area contributed by atoms with E-state index in [1.165, 1.54) is 4.90 Å². The van der Waals surface area contributed by atoms with Crippen molar-refractivity contribution < 1.29 is 14.7 Å². The van der Waals surface area contributed by atoms with Crippen LogP contribution in [0.3, 0.4) is 0 Å². The molecule has 0 rings (SSSR count). The lowest BCUT2D eigenvalue weighted by Gasteiger charge is -2.34. The van der Waals surface area contributed by atoms with Gasteiger partial charge in [0.2, 0.25) is 5.91 Å². The number of aliphatic carboxylic acids is 1. The highest BCUT2D eigenvalue weighted by atomic mass is 16.4. The minimum Gasteiger partial charge on any atom is -0.480 e. The van der Waals surface area contributed by atoms with Gasteiger partial charge in [-0.15, -0.1) is 0 Å². The largest absolute Gasteiger partial charge is 0.480 e. The molecule has 0 bridgehead atoms. The summed E-state index contributed by atoms with van der Waals surface area (Å²) >= 11 is 0. The van der Waals surface area contributed by atoms with Crippen LogP contribution in [0.1, 0.15) is 47.5 Å². The van der Waals surface area contributed by atoms with E-state index in [1.807, 2.05) is 13.8 Å². The normalized spacial score (nSPS) is 13.3. The molecule has 0 saturated heterocycles. The Bertz CT molecular complexity index is 261. The molecule has 0 aromatic carbocycles. The van der Waals surface area contributed by atoms with Gasteiger partial charge in [0.1, 0.15) is 5.54 Å². The maximum atomic E-state index is 12.0. The molecule has 0 saturated carbocycles. The number of hydrogen-bond donors (Lipinski definition) is 1. The number of carboxylic acids is 1. The highest BCUT2D eigenvalue weighted by Gasteiger charge is 2.36. The van der Waals surface area contributed by atoms with Crippen LogP contribution in [0, 0.1) is 5.92 Å². The maximum absolute atomic E-state index is 12.0. The summed E-state index contributed by atoms with van der Waals surface area (Å²) in [6.07, 6.45) is 1.35. The predicted molar refractivity (Wildman–Crippen MR) is 63.2 cm³/mol. The van der Waals surface area contributed by atoms with Gasteiger partial charge >= 0.3 is 5.97 Å². The highest BCUT2D eigenvalue weighted by molar-refractivity contribution is 5.86. The van der Waals surface area contributed by atoms with Crippen molar-refractivity contribution in [2.75, 3.05) is 6.54 Å². The number of hydrogen-bond acceptors (Lipinski definition) is 2. The Morgan fingerprint density at radius 1 is 1.31 bits per heavy atom. The zero-order valence-corrected chi connectivity index (χ0v) is 10.9. The molecule has 0 radical (unpaired) electrons. The number of rotatable bonds is 6. The van der Waals surface area contributed by atoms with Crippen LogP contribution in [0.25, 0.3) is 0 Å². The van der Waals surface area contributed by atoms with E-state index in [1.54, 1.807) is 20.8 Å². The van der Waals surface area contributed by atoms with E-state index < -0.39 is 11.5 Å². The van der Waals surface area contributed by atoms with E-state index >= 15 is 0 Å². The van der Waals surface area contributed by atoms with Gasteiger partial charge in [0.15, 0.2) is 0 Å². The van der Waals surface area contributed by atoms with Crippen LogP contribution in [0.5, 0.6) is 0 Å². The molecule has 1 unspecified atom stereocenters. The van der Waals surface area contributed by atoms with Crippen LogP contribution < -0.4 is 0 Å². The van der Waals surface area contributed by atoms with Gasteiger partial charge in [-0.1, -0.05) is 20.3 Å². The average Bonchev–Trinajstić information content (AvgIpc) is 2.17. The summed E-state index contributed by atoms with van der Waals surface area (Å²) in [5, 5.41) is 9.09. The lowest BCUT2D eigenvalue weighted by molar-refractivity contribution is -0.157. The van der Waals surface area contributed by atoms with Gasteiger partial charge < -0.3 is 10.0 Å². The fraction of sp³-hybridized carbons (Fsp3) is 0.833. The van der Waals surface area contributed by atoms with Gasteiger partial charge in [-0.3, -0.25) is 4.79 Å². The first-order chi connectivity index (χ1) is 7.27. The average molecular weight is 229 g/mol. The number of amides is 1. The summed E-state index contributed by atoms with van der Waals surface area (Å²) in [5.74, 6) is -0.748. The predicted octanol–water partition coefficient (Wildman–Crippen LogP) is 2.13. The van der Waals surface area contributed by atoms with Crippen molar-refractivity contribution in [2.24, 2.45) is 5.92 Å². The monoisotopic (exact) mass is 229 g/mol. The Morgan fingerprint density at radius 3 is 2.12 bits per heavy atom. The standard InChI is InChI=1S/C12H23NO3/c1-6-9(3)8-10(14)13(7-2)12(4,5)11(15)16/h9H,6-8H2,1-5H3,(H,15,16). The van der Waals surface area contributed by atoms with Crippen LogP contribution in [-0.4, -0.2) is 34.0 Å². The molecular formula is C12H23NO3. The van der Waals surface area contributed by atoms with Crippen molar-refractivity contribution in [3.8, 4) is 0 Å². The first-order valence-electron chi connectivity index (χ1n) is 5.81. The molecule has 16 heavy (non-hydrogen) atoms. The molecule has 0 spiro atoms. The molecule has 0 aliphatic rings. The molecular weight excluding hydrogens is 206 g/mol. The van der Waals surface area contributed by atoms with E-state index in [0.717, 1.165) is 6.42 Å². The Balaban J connectivity index is 4.74. The number of likely N-dealkylation sites (N-methyl/N-ethyl adjacent to an activating group) is 1. The Kier molecular flexibility index (Phi) is 5.48. The van der Waals surface area contributed by atoms with E-state index in [2.05, 4.69) is 0 Å². The number of nitrogens with zero attached hydrogens (tertiary/aromatic N) is 1. The summed E-state index contributed by atoms with van der Waals surface area (Å²) in [6, 6.07) is 0. The van der Waals surface area contributed by atoms with Crippen LogP contribution in [-0.2, 0) is 9.59 Å². The second-order valence-corrected chi connectivity index (χ2v) is 4.72. The molecule has 1 amide bonds. The van der Waals surface area contributed by atoms with Crippen molar-refractivity contribution >= 4 is 11.9 Å². The first-order valence-corrected chi connectivity index (χ1v) is 5.81. The fourth-order valence-electron chi connectivity index (χ4n) is 1.55. The summed E-state index contributed by atoms with van der Waals surface area (Å²) in [6.45, 7) is 9.38. The van der Waals surface area contributed by atoms with Crippen molar-refractivity contribution in [3.05, 3.63) is 0 Å². The zero-order chi connectivity index (χ0) is 12.9. The van der Waals surface area contributed by atoms with Crippen molar-refractivity contribution in [1.82, 2.24) is 4.90 Å².